The molecule has 0 radical (unpaired) electrons. The summed E-state index contributed by atoms with van der Waals surface area (Å²) in [6.45, 7) is 0. The van der Waals surface area contributed by atoms with E-state index in [-0.39, 0.29) is 4.90 Å². The van der Waals surface area contributed by atoms with Crippen LogP contribution in [0.4, 0.5) is 11.5 Å². The topological polar surface area (TPSA) is 85.1 Å². The van der Waals surface area contributed by atoms with Crippen molar-refractivity contribution in [3.05, 3.63) is 34.7 Å². The highest BCUT2D eigenvalue weighted by atomic mass is 32.2. The van der Waals surface area contributed by atoms with E-state index in [1.807, 2.05) is 0 Å². The molecule has 3 N–H and O–H groups in total. The van der Waals surface area contributed by atoms with E-state index in [1.165, 1.54) is 23.5 Å². The first-order valence-electron chi connectivity index (χ1n) is 5.88. The number of hydrogen-bond donors (Lipinski definition) is 2. The second-order valence-corrected chi connectivity index (χ2v) is 7.09. The van der Waals surface area contributed by atoms with E-state index >= 15 is 0 Å². The monoisotopic (exact) mass is 295 g/mol. The molecule has 1 aromatic heterocycles. The van der Waals surface area contributed by atoms with Gasteiger partial charge in [0.25, 0.3) is 10.0 Å². The Kier molecular flexibility index (Phi) is 2.94. The molecule has 1 aliphatic carbocycles. The number of nitrogens with two attached hydrogens (primary N) is 1. The van der Waals surface area contributed by atoms with Crippen LogP contribution in [0.1, 0.15) is 23.8 Å². The molecule has 1 aliphatic rings. The summed E-state index contributed by atoms with van der Waals surface area (Å²) in [4.78, 5) is 4.49. The Balaban J connectivity index is 1.81. The molecule has 0 aliphatic heterocycles. The van der Waals surface area contributed by atoms with E-state index < -0.39 is 10.0 Å². The van der Waals surface area contributed by atoms with Gasteiger partial charge in [-0.25, -0.2) is 13.4 Å². The van der Waals surface area contributed by atoms with Crippen molar-refractivity contribution in [2.24, 2.45) is 0 Å². The number of hydrogen-bond acceptors (Lipinski definition) is 5. The Morgan fingerprint density at radius 3 is 2.58 bits per heavy atom. The minimum atomic E-state index is -3.58. The molecule has 0 unspecified atom stereocenters. The van der Waals surface area contributed by atoms with Crippen molar-refractivity contribution in [2.75, 3.05) is 10.5 Å². The van der Waals surface area contributed by atoms with Crippen LogP contribution in [0, 0.1) is 0 Å². The molecule has 1 aromatic carbocycles. The number of rotatable bonds is 4. The molecular weight excluding hydrogens is 282 g/mol. The second-order valence-electron chi connectivity index (χ2n) is 4.52. The third-order valence-electron chi connectivity index (χ3n) is 2.88. The van der Waals surface area contributed by atoms with Gasteiger partial charge in [-0.05, 0) is 37.1 Å². The largest absolute Gasteiger partial charge is 0.399 e. The Hall–Kier alpha value is -1.60. The summed E-state index contributed by atoms with van der Waals surface area (Å²) < 4.78 is 26.7. The van der Waals surface area contributed by atoms with Crippen molar-refractivity contribution in [3.63, 3.8) is 0 Å². The van der Waals surface area contributed by atoms with E-state index in [0.717, 1.165) is 17.8 Å². The van der Waals surface area contributed by atoms with Crippen LogP contribution in [0.15, 0.2) is 34.5 Å². The second kappa shape index (κ2) is 4.50. The molecule has 2 aromatic rings. The molecule has 1 fully saturated rings. The minimum Gasteiger partial charge on any atom is -0.399 e. The molecule has 1 heterocycles. The highest BCUT2D eigenvalue weighted by molar-refractivity contribution is 7.92. The summed E-state index contributed by atoms with van der Waals surface area (Å²) in [6.07, 6.45) is 2.30. The molecular formula is C12H13N3O2S2. The van der Waals surface area contributed by atoms with Gasteiger partial charge in [-0.1, -0.05) is 0 Å². The van der Waals surface area contributed by atoms with Crippen molar-refractivity contribution in [3.8, 4) is 0 Å². The predicted octanol–water partition coefficient (Wildman–Crippen LogP) is 2.40. The summed E-state index contributed by atoms with van der Waals surface area (Å²) >= 11 is 1.50. The molecule has 0 saturated heterocycles. The summed E-state index contributed by atoms with van der Waals surface area (Å²) in [7, 11) is -3.58. The van der Waals surface area contributed by atoms with Gasteiger partial charge >= 0.3 is 0 Å². The maximum absolute atomic E-state index is 12.1. The first-order chi connectivity index (χ1) is 9.04. The van der Waals surface area contributed by atoms with Crippen molar-refractivity contribution < 1.29 is 8.42 Å². The number of sulfonamides is 1. The lowest BCUT2D eigenvalue weighted by atomic mass is 10.3. The van der Waals surface area contributed by atoms with Crippen LogP contribution in [-0.2, 0) is 10.0 Å². The SMILES string of the molecule is Nc1ccc(S(=O)(=O)Nc2csc(C3CC3)n2)cc1. The fourth-order valence-electron chi connectivity index (χ4n) is 1.70. The molecule has 5 nitrogen and oxygen atoms in total. The van der Waals surface area contributed by atoms with E-state index in [4.69, 9.17) is 5.73 Å². The van der Waals surface area contributed by atoms with E-state index in [0.29, 0.717) is 17.4 Å². The Morgan fingerprint density at radius 2 is 1.95 bits per heavy atom. The Bertz CT molecular complexity index is 688. The zero-order valence-electron chi connectivity index (χ0n) is 10.0. The molecule has 7 heteroatoms. The number of nitrogens with one attached hydrogen (secondary N) is 1. The van der Waals surface area contributed by atoms with Crippen LogP contribution in [0.5, 0.6) is 0 Å². The van der Waals surface area contributed by atoms with Crippen LogP contribution in [0.2, 0.25) is 0 Å². The lowest BCUT2D eigenvalue weighted by Crippen LogP contribution is -2.13. The van der Waals surface area contributed by atoms with Crippen molar-refractivity contribution in [1.82, 2.24) is 4.98 Å². The standard InChI is InChI=1S/C12H13N3O2S2/c13-9-3-5-10(6-4-9)19(16,17)15-11-7-18-12(14-11)8-1-2-8/h3-8,15H,1-2,13H2. The number of nitrogen functional groups attached to an aromatic ring is 1. The number of nitrogens with zero attached hydrogens (tertiary/aromatic N) is 1. The molecule has 19 heavy (non-hydrogen) atoms. The fraction of sp³-hybridized carbons (Fsp3) is 0.250. The van der Waals surface area contributed by atoms with Gasteiger partial charge in [0.1, 0.15) is 0 Å². The summed E-state index contributed by atoms with van der Waals surface area (Å²) in [5, 5.41) is 2.75. The first kappa shape index (κ1) is 12.4. The Labute approximate surface area is 115 Å². The lowest BCUT2D eigenvalue weighted by Gasteiger charge is -2.05. The highest BCUT2D eigenvalue weighted by Crippen LogP contribution is 2.42. The average molecular weight is 295 g/mol. The van der Waals surface area contributed by atoms with Crippen molar-refractivity contribution in [2.45, 2.75) is 23.7 Å². The van der Waals surface area contributed by atoms with Gasteiger partial charge in [-0.2, -0.15) is 0 Å². The zero-order chi connectivity index (χ0) is 13.5. The van der Waals surface area contributed by atoms with Gasteiger partial charge in [0, 0.05) is 17.0 Å². The number of aromatic nitrogens is 1. The normalized spacial score (nSPS) is 15.4. The maximum atomic E-state index is 12.1. The van der Waals surface area contributed by atoms with E-state index in [2.05, 4.69) is 9.71 Å². The molecule has 0 bridgehead atoms. The smallest absolute Gasteiger partial charge is 0.263 e. The summed E-state index contributed by atoms with van der Waals surface area (Å²) in [5.74, 6) is 0.920. The van der Waals surface area contributed by atoms with Crippen molar-refractivity contribution in [1.29, 1.82) is 0 Å². The summed E-state index contributed by atoms with van der Waals surface area (Å²) in [6, 6.07) is 6.08. The quantitative estimate of drug-likeness (QED) is 0.848. The van der Waals surface area contributed by atoms with Gasteiger partial charge in [0.15, 0.2) is 5.82 Å². The number of benzene rings is 1. The molecule has 0 atom stereocenters. The van der Waals surface area contributed by atoms with E-state index in [9.17, 15) is 8.42 Å². The van der Waals surface area contributed by atoms with Crippen LogP contribution >= 0.6 is 11.3 Å². The van der Waals surface area contributed by atoms with Gasteiger partial charge in [-0.3, -0.25) is 4.72 Å². The summed E-state index contributed by atoms with van der Waals surface area (Å²) in [5.41, 5.74) is 6.07. The molecule has 100 valence electrons. The molecule has 3 rings (SSSR count). The zero-order valence-corrected chi connectivity index (χ0v) is 11.7. The lowest BCUT2D eigenvalue weighted by molar-refractivity contribution is 0.601. The van der Waals surface area contributed by atoms with Gasteiger partial charge < -0.3 is 5.73 Å². The predicted molar refractivity (Wildman–Crippen MR) is 75.8 cm³/mol. The maximum Gasteiger partial charge on any atom is 0.263 e. The van der Waals surface area contributed by atoms with E-state index in [1.54, 1.807) is 17.5 Å². The first-order valence-corrected chi connectivity index (χ1v) is 8.25. The van der Waals surface area contributed by atoms with Gasteiger partial charge in [0.2, 0.25) is 0 Å². The van der Waals surface area contributed by atoms with Gasteiger partial charge in [0.05, 0.1) is 9.90 Å². The minimum absolute atomic E-state index is 0.183. The fourth-order valence-corrected chi connectivity index (χ4v) is 3.69. The van der Waals surface area contributed by atoms with Crippen LogP contribution in [0.25, 0.3) is 0 Å². The Morgan fingerprint density at radius 1 is 1.26 bits per heavy atom. The highest BCUT2D eigenvalue weighted by Gasteiger charge is 2.27. The number of thiazole rings is 1. The van der Waals surface area contributed by atoms with Crippen LogP contribution in [0.3, 0.4) is 0 Å². The third kappa shape index (κ3) is 2.71. The third-order valence-corrected chi connectivity index (χ3v) is 5.26. The van der Waals surface area contributed by atoms with Crippen molar-refractivity contribution >= 4 is 32.9 Å². The number of anilines is 2. The van der Waals surface area contributed by atoms with Gasteiger partial charge in [-0.15, -0.1) is 11.3 Å². The molecule has 1 saturated carbocycles. The van der Waals surface area contributed by atoms with Crippen LogP contribution in [-0.4, -0.2) is 13.4 Å². The average Bonchev–Trinajstić information content (AvgIpc) is 3.11. The molecule has 0 spiro atoms. The molecule has 0 amide bonds. The van der Waals surface area contributed by atoms with Crippen LogP contribution < -0.4 is 10.5 Å².